The van der Waals surface area contributed by atoms with Gasteiger partial charge in [0.2, 0.25) is 0 Å². The van der Waals surface area contributed by atoms with E-state index in [-0.39, 0.29) is 23.0 Å². The average Bonchev–Trinajstić information content (AvgIpc) is 2.74. The number of carbonyl (C=O) groups excluding carboxylic acids is 2. The molecule has 0 saturated heterocycles. The van der Waals surface area contributed by atoms with Crippen molar-refractivity contribution >= 4 is 34.8 Å². The monoisotopic (exact) mass is 427 g/mol. The molecule has 7 heteroatoms. The van der Waals surface area contributed by atoms with E-state index in [9.17, 15) is 9.59 Å². The van der Waals surface area contributed by atoms with Crippen LogP contribution in [-0.2, 0) is 0 Å². The molecule has 1 unspecified atom stereocenters. The summed E-state index contributed by atoms with van der Waals surface area (Å²) in [5.74, 6) is 0.257. The molecule has 2 aromatic carbocycles. The third-order valence-corrected chi connectivity index (χ3v) is 4.86. The van der Waals surface area contributed by atoms with Crippen molar-refractivity contribution in [2.45, 2.75) is 40.2 Å². The van der Waals surface area contributed by atoms with Crippen molar-refractivity contribution in [2.75, 3.05) is 18.4 Å². The van der Waals surface area contributed by atoms with Crippen LogP contribution in [-0.4, -0.2) is 41.0 Å². The zero-order valence-corrected chi connectivity index (χ0v) is 18.7. The number of hydrogen-bond acceptors (Lipinski definition) is 4. The molecule has 0 aliphatic carbocycles. The minimum atomic E-state index is -0.336. The van der Waals surface area contributed by atoms with Crippen molar-refractivity contribution in [1.82, 2.24) is 10.2 Å². The standard InChI is InChI=1S/C23H29N3O3S/c1-5-16(4)29-20-13-9-10-17(15-20)21(27)25-23(30)24-19-12-8-11-18(14-19)22(28)26(6-2)7-3/h8-16H,5-7H2,1-4H3,(H2,24,25,27,30). The van der Waals surface area contributed by atoms with Crippen LogP contribution in [0.2, 0.25) is 0 Å². The lowest BCUT2D eigenvalue weighted by molar-refractivity contribution is 0.0772. The van der Waals surface area contributed by atoms with Crippen molar-refractivity contribution in [1.29, 1.82) is 0 Å². The number of carbonyl (C=O) groups is 2. The van der Waals surface area contributed by atoms with Crippen LogP contribution in [0.25, 0.3) is 0 Å². The number of hydrogen-bond donors (Lipinski definition) is 2. The first-order valence-electron chi connectivity index (χ1n) is 10.2. The molecule has 160 valence electrons. The molecule has 2 N–H and O–H groups in total. The summed E-state index contributed by atoms with van der Waals surface area (Å²) in [5, 5.41) is 5.78. The lowest BCUT2D eigenvalue weighted by Gasteiger charge is -2.19. The van der Waals surface area contributed by atoms with Gasteiger partial charge in [0.05, 0.1) is 6.10 Å². The Bertz CT molecular complexity index is 897. The van der Waals surface area contributed by atoms with E-state index in [4.69, 9.17) is 17.0 Å². The molecule has 0 heterocycles. The van der Waals surface area contributed by atoms with Crippen LogP contribution >= 0.6 is 12.2 Å². The molecule has 2 amide bonds. The van der Waals surface area contributed by atoms with Crippen LogP contribution in [0.15, 0.2) is 48.5 Å². The van der Waals surface area contributed by atoms with Crippen molar-refractivity contribution in [2.24, 2.45) is 0 Å². The van der Waals surface area contributed by atoms with Crippen LogP contribution < -0.4 is 15.4 Å². The normalized spacial score (nSPS) is 11.3. The van der Waals surface area contributed by atoms with Crippen LogP contribution in [0.4, 0.5) is 5.69 Å². The number of benzene rings is 2. The van der Waals surface area contributed by atoms with Gasteiger partial charge in [-0.1, -0.05) is 19.1 Å². The zero-order valence-electron chi connectivity index (χ0n) is 17.9. The summed E-state index contributed by atoms with van der Waals surface area (Å²) in [7, 11) is 0. The van der Waals surface area contributed by atoms with Crippen molar-refractivity contribution in [3.8, 4) is 5.75 Å². The topological polar surface area (TPSA) is 70.7 Å². The maximum absolute atomic E-state index is 12.5. The van der Waals surface area contributed by atoms with Crippen LogP contribution in [0.3, 0.4) is 0 Å². The lowest BCUT2D eigenvalue weighted by atomic mass is 10.1. The summed E-state index contributed by atoms with van der Waals surface area (Å²) in [6, 6.07) is 14.0. The fraction of sp³-hybridized carbons (Fsp3) is 0.348. The minimum absolute atomic E-state index is 0.0447. The second kappa shape index (κ2) is 11.3. The summed E-state index contributed by atoms with van der Waals surface area (Å²) in [6.07, 6.45) is 0.942. The van der Waals surface area contributed by atoms with E-state index in [1.807, 2.05) is 33.8 Å². The minimum Gasteiger partial charge on any atom is -0.491 e. The highest BCUT2D eigenvalue weighted by atomic mass is 32.1. The molecular formula is C23H29N3O3S. The molecule has 0 fully saturated rings. The Kier molecular flexibility index (Phi) is 8.80. The van der Waals surface area contributed by atoms with Crippen molar-refractivity contribution < 1.29 is 14.3 Å². The van der Waals surface area contributed by atoms with E-state index in [1.165, 1.54) is 0 Å². The summed E-state index contributed by atoms with van der Waals surface area (Å²) < 4.78 is 5.76. The molecule has 0 radical (unpaired) electrons. The molecule has 0 spiro atoms. The third-order valence-electron chi connectivity index (χ3n) is 4.65. The van der Waals surface area contributed by atoms with Gasteiger partial charge in [-0.15, -0.1) is 0 Å². The van der Waals surface area contributed by atoms with Gasteiger partial charge in [0.25, 0.3) is 11.8 Å². The number of anilines is 1. The maximum atomic E-state index is 12.5. The molecule has 1 atom stereocenters. The second-order valence-corrected chi connectivity index (χ2v) is 7.24. The summed E-state index contributed by atoms with van der Waals surface area (Å²) in [4.78, 5) is 26.8. The maximum Gasteiger partial charge on any atom is 0.257 e. The SMILES string of the molecule is CCC(C)Oc1cccc(C(=O)NC(=S)Nc2cccc(C(=O)N(CC)CC)c2)c1. The average molecular weight is 428 g/mol. The summed E-state index contributed by atoms with van der Waals surface area (Å²) in [5.41, 5.74) is 1.64. The van der Waals surface area contributed by atoms with E-state index >= 15 is 0 Å². The predicted octanol–water partition coefficient (Wildman–Crippen LogP) is 4.47. The molecular weight excluding hydrogens is 398 g/mol. The molecule has 30 heavy (non-hydrogen) atoms. The van der Waals surface area contributed by atoms with Gasteiger partial charge in [0, 0.05) is 29.9 Å². The molecule has 0 saturated carbocycles. The Labute approximate surface area is 183 Å². The zero-order chi connectivity index (χ0) is 22.1. The predicted molar refractivity (Wildman–Crippen MR) is 124 cm³/mol. The smallest absolute Gasteiger partial charge is 0.257 e. The quantitative estimate of drug-likeness (QED) is 0.608. The highest BCUT2D eigenvalue weighted by Crippen LogP contribution is 2.16. The fourth-order valence-corrected chi connectivity index (χ4v) is 3.00. The lowest BCUT2D eigenvalue weighted by Crippen LogP contribution is -2.34. The number of thiocarbonyl (C=S) groups is 1. The number of ether oxygens (including phenoxy) is 1. The molecule has 6 nitrogen and oxygen atoms in total. The Morgan fingerprint density at radius 1 is 1.03 bits per heavy atom. The third kappa shape index (κ3) is 6.56. The van der Waals surface area contributed by atoms with Gasteiger partial charge < -0.3 is 15.0 Å². The first-order chi connectivity index (χ1) is 14.4. The summed E-state index contributed by atoms with van der Waals surface area (Å²) >= 11 is 5.27. The van der Waals surface area contributed by atoms with Gasteiger partial charge in [-0.05, 0) is 75.8 Å². The molecule has 0 aliphatic rings. The number of amides is 2. The van der Waals surface area contributed by atoms with E-state index in [1.54, 1.807) is 47.4 Å². The first-order valence-corrected chi connectivity index (χ1v) is 10.6. The molecule has 2 aromatic rings. The number of nitrogens with zero attached hydrogens (tertiary/aromatic N) is 1. The molecule has 2 rings (SSSR count). The Balaban J connectivity index is 2.02. The van der Waals surface area contributed by atoms with Gasteiger partial charge in [-0.3, -0.25) is 14.9 Å². The number of nitrogens with one attached hydrogen (secondary N) is 2. The van der Waals surface area contributed by atoms with E-state index in [2.05, 4.69) is 10.6 Å². The van der Waals surface area contributed by atoms with Gasteiger partial charge in [-0.25, -0.2) is 0 Å². The van der Waals surface area contributed by atoms with E-state index < -0.39 is 0 Å². The van der Waals surface area contributed by atoms with Gasteiger partial charge in [0.15, 0.2) is 5.11 Å². The van der Waals surface area contributed by atoms with E-state index in [0.29, 0.717) is 35.7 Å². The van der Waals surface area contributed by atoms with Gasteiger partial charge >= 0.3 is 0 Å². The largest absolute Gasteiger partial charge is 0.491 e. The van der Waals surface area contributed by atoms with Crippen LogP contribution in [0, 0.1) is 0 Å². The van der Waals surface area contributed by atoms with Gasteiger partial charge in [-0.2, -0.15) is 0 Å². The van der Waals surface area contributed by atoms with Crippen LogP contribution in [0.5, 0.6) is 5.75 Å². The fourth-order valence-electron chi connectivity index (χ4n) is 2.79. The Hall–Kier alpha value is -2.93. The Morgan fingerprint density at radius 2 is 1.70 bits per heavy atom. The molecule has 0 bridgehead atoms. The highest BCUT2D eigenvalue weighted by molar-refractivity contribution is 7.80. The molecule has 0 aliphatic heterocycles. The van der Waals surface area contributed by atoms with Crippen molar-refractivity contribution in [3.05, 3.63) is 59.7 Å². The van der Waals surface area contributed by atoms with Gasteiger partial charge in [0.1, 0.15) is 5.75 Å². The first kappa shape index (κ1) is 23.3. The Morgan fingerprint density at radius 3 is 2.37 bits per heavy atom. The summed E-state index contributed by atoms with van der Waals surface area (Å²) in [6.45, 7) is 9.18. The number of rotatable bonds is 8. The highest BCUT2D eigenvalue weighted by Gasteiger charge is 2.14. The van der Waals surface area contributed by atoms with Crippen LogP contribution in [0.1, 0.15) is 54.8 Å². The second-order valence-electron chi connectivity index (χ2n) is 6.83. The van der Waals surface area contributed by atoms with E-state index in [0.717, 1.165) is 6.42 Å². The molecule has 0 aromatic heterocycles. The van der Waals surface area contributed by atoms with Crippen molar-refractivity contribution in [3.63, 3.8) is 0 Å².